The molecule has 4 bridgehead atoms. The van der Waals surface area contributed by atoms with E-state index in [4.69, 9.17) is 9.47 Å². The minimum absolute atomic E-state index is 0.0160. The monoisotopic (exact) mass is 413 g/mol. The number of aliphatic hydroxyl groups is 1. The molecule has 30 heavy (non-hydrogen) atoms. The second-order valence-corrected chi connectivity index (χ2v) is 11.8. The second kappa shape index (κ2) is 5.36. The number of ether oxygens (including phenoxy) is 2. The summed E-state index contributed by atoms with van der Waals surface area (Å²) in [4.78, 5) is 0. The summed E-state index contributed by atoms with van der Waals surface area (Å²) in [7, 11) is 1.80. The van der Waals surface area contributed by atoms with Crippen molar-refractivity contribution in [3.05, 3.63) is 23.3 Å². The van der Waals surface area contributed by atoms with Crippen LogP contribution in [0, 0.1) is 16.7 Å². The van der Waals surface area contributed by atoms with Gasteiger partial charge in [0.25, 0.3) is 0 Å². The van der Waals surface area contributed by atoms with E-state index < -0.39 is 11.2 Å². The molecule has 1 saturated heterocycles. The Kier molecular flexibility index (Phi) is 3.46. The fourth-order valence-corrected chi connectivity index (χ4v) is 8.53. The molecule has 5 nitrogen and oxygen atoms in total. The van der Waals surface area contributed by atoms with Gasteiger partial charge in [-0.1, -0.05) is 26.8 Å². The fraction of sp³-hybridized carbons (Fsp3) is 0.760. The maximum Gasteiger partial charge on any atom is 0.165 e. The molecule has 2 aliphatic heterocycles. The molecular weight excluding hydrogens is 378 g/mol. The molecule has 0 radical (unpaired) electrons. The highest BCUT2D eigenvalue weighted by Gasteiger charge is 2.81. The molecule has 0 amide bonds. The molecule has 0 aromatic heterocycles. The zero-order chi connectivity index (χ0) is 21.3. The quantitative estimate of drug-likeness (QED) is 0.694. The Bertz CT molecular complexity index is 936. The molecule has 5 heteroatoms. The molecule has 4 fully saturated rings. The van der Waals surface area contributed by atoms with Crippen LogP contribution in [-0.2, 0) is 16.6 Å². The predicted molar refractivity (Wildman–Crippen MR) is 114 cm³/mol. The van der Waals surface area contributed by atoms with Crippen molar-refractivity contribution in [3.8, 4) is 11.5 Å². The summed E-state index contributed by atoms with van der Waals surface area (Å²) >= 11 is 0. The number of hydrogen-bond acceptors (Lipinski definition) is 5. The van der Waals surface area contributed by atoms with E-state index in [9.17, 15) is 10.2 Å². The molecule has 7 atom stereocenters. The number of aromatic hydroxyl groups is 1. The van der Waals surface area contributed by atoms with Crippen LogP contribution in [0.15, 0.2) is 12.1 Å². The molecule has 1 aromatic rings. The third-order valence-electron chi connectivity index (χ3n) is 10.4. The molecular formula is C25H35NO4. The van der Waals surface area contributed by atoms with E-state index >= 15 is 0 Å². The van der Waals surface area contributed by atoms with Crippen LogP contribution in [0.3, 0.4) is 0 Å². The summed E-state index contributed by atoms with van der Waals surface area (Å²) < 4.78 is 13.2. The van der Waals surface area contributed by atoms with Crippen molar-refractivity contribution >= 4 is 0 Å². The van der Waals surface area contributed by atoms with Crippen molar-refractivity contribution in [2.75, 3.05) is 13.7 Å². The van der Waals surface area contributed by atoms with Gasteiger partial charge >= 0.3 is 0 Å². The van der Waals surface area contributed by atoms with Crippen LogP contribution in [0.1, 0.15) is 64.5 Å². The van der Waals surface area contributed by atoms with Crippen LogP contribution in [0.25, 0.3) is 0 Å². The third kappa shape index (κ3) is 1.77. The summed E-state index contributed by atoms with van der Waals surface area (Å²) in [5.41, 5.74) is 0.658. The number of methoxy groups -OCH3 is 1. The first-order valence-electron chi connectivity index (χ1n) is 11.6. The van der Waals surface area contributed by atoms with Gasteiger partial charge in [-0.15, -0.1) is 0 Å². The lowest BCUT2D eigenvalue weighted by molar-refractivity contribution is -0.303. The average molecular weight is 414 g/mol. The standard InChI is InChI=1S/C25H35NO4/c1-21(2,3)22(4,28)16-13-23-8-9-25(16,29-5)20-24(23)10-11-26-17(23)12-14-6-7-15(27)19(30-20)18(14)24/h6-7,16-17,20,26-28H,8-13H2,1-5H3/t16?,17-,20-,22+,23+,24+,25+/m1/s1. The van der Waals surface area contributed by atoms with E-state index in [1.807, 2.05) is 6.92 Å². The Morgan fingerprint density at radius 3 is 2.63 bits per heavy atom. The van der Waals surface area contributed by atoms with Crippen molar-refractivity contribution in [3.63, 3.8) is 0 Å². The van der Waals surface area contributed by atoms with Crippen LogP contribution >= 0.6 is 0 Å². The Labute approximate surface area is 179 Å². The molecule has 4 aliphatic carbocycles. The van der Waals surface area contributed by atoms with Gasteiger partial charge in [0.2, 0.25) is 0 Å². The average Bonchev–Trinajstić information content (AvgIpc) is 3.05. The summed E-state index contributed by atoms with van der Waals surface area (Å²) in [5.74, 6) is 0.887. The summed E-state index contributed by atoms with van der Waals surface area (Å²) in [6.07, 6.45) is 4.66. The fourth-order valence-electron chi connectivity index (χ4n) is 8.53. The minimum Gasteiger partial charge on any atom is -0.504 e. The molecule has 6 aliphatic rings. The van der Waals surface area contributed by atoms with E-state index in [0.29, 0.717) is 11.8 Å². The topological polar surface area (TPSA) is 71.0 Å². The van der Waals surface area contributed by atoms with Crippen LogP contribution in [0.4, 0.5) is 0 Å². The lowest BCUT2D eigenvalue weighted by Gasteiger charge is -2.74. The van der Waals surface area contributed by atoms with E-state index in [-0.39, 0.29) is 34.0 Å². The summed E-state index contributed by atoms with van der Waals surface area (Å²) in [6, 6.07) is 4.26. The molecule has 2 heterocycles. The van der Waals surface area contributed by atoms with Gasteiger partial charge in [0, 0.05) is 35.5 Å². The van der Waals surface area contributed by atoms with Crippen LogP contribution < -0.4 is 10.1 Å². The van der Waals surface area contributed by atoms with Gasteiger partial charge in [-0.25, -0.2) is 0 Å². The first-order chi connectivity index (χ1) is 14.1. The molecule has 1 unspecified atom stereocenters. The Balaban J connectivity index is 1.65. The molecule has 1 aromatic carbocycles. The van der Waals surface area contributed by atoms with Crippen molar-refractivity contribution in [2.45, 2.75) is 88.6 Å². The van der Waals surface area contributed by atoms with Crippen LogP contribution in [0.5, 0.6) is 11.5 Å². The highest BCUT2D eigenvalue weighted by atomic mass is 16.6. The van der Waals surface area contributed by atoms with Crippen LogP contribution in [-0.4, -0.2) is 47.2 Å². The molecule has 164 valence electrons. The predicted octanol–water partition coefficient (Wildman–Crippen LogP) is 3.29. The highest BCUT2D eigenvalue weighted by molar-refractivity contribution is 5.63. The van der Waals surface area contributed by atoms with Gasteiger partial charge in [0.15, 0.2) is 11.5 Å². The number of hydrogen-bond donors (Lipinski definition) is 3. The van der Waals surface area contributed by atoms with Crippen molar-refractivity contribution in [1.82, 2.24) is 5.32 Å². The van der Waals surface area contributed by atoms with Crippen molar-refractivity contribution in [2.24, 2.45) is 16.7 Å². The summed E-state index contributed by atoms with van der Waals surface area (Å²) in [6.45, 7) is 9.33. The largest absolute Gasteiger partial charge is 0.504 e. The minimum atomic E-state index is -0.910. The number of fused-ring (bicyclic) bond motifs is 2. The highest BCUT2D eigenvalue weighted by Crippen LogP contribution is 2.77. The second-order valence-electron chi connectivity index (χ2n) is 11.8. The maximum atomic E-state index is 12.0. The van der Waals surface area contributed by atoms with E-state index in [1.54, 1.807) is 13.2 Å². The first-order valence-corrected chi connectivity index (χ1v) is 11.6. The van der Waals surface area contributed by atoms with Gasteiger partial charge in [0.05, 0.1) is 5.60 Å². The lowest BCUT2D eigenvalue weighted by Crippen LogP contribution is -2.83. The molecule has 2 spiro atoms. The van der Waals surface area contributed by atoms with Gasteiger partial charge in [-0.05, 0) is 62.6 Å². The Morgan fingerprint density at radius 2 is 1.93 bits per heavy atom. The SMILES string of the molecule is CO[C@@]12CC[C@]3(CC1[C@](C)(O)C(C)(C)C)[C@H]1Cc4ccc(O)c5c4[C@@]3(CCN1)[C@H]2O5. The normalized spacial score (nSPS) is 44.9. The number of benzene rings is 1. The Morgan fingerprint density at radius 1 is 1.17 bits per heavy atom. The number of rotatable bonds is 2. The van der Waals surface area contributed by atoms with E-state index in [0.717, 1.165) is 38.6 Å². The third-order valence-corrected chi connectivity index (χ3v) is 10.4. The molecule has 3 saturated carbocycles. The zero-order valence-corrected chi connectivity index (χ0v) is 18.8. The molecule has 7 rings (SSSR count). The maximum absolute atomic E-state index is 12.0. The van der Waals surface area contributed by atoms with Crippen LogP contribution in [0.2, 0.25) is 0 Å². The Hall–Kier alpha value is -1.30. The lowest BCUT2D eigenvalue weighted by atomic mass is 9.33. The van der Waals surface area contributed by atoms with Crippen molar-refractivity contribution < 1.29 is 19.7 Å². The van der Waals surface area contributed by atoms with Gasteiger partial charge in [0.1, 0.15) is 11.7 Å². The van der Waals surface area contributed by atoms with Gasteiger partial charge in [-0.3, -0.25) is 0 Å². The van der Waals surface area contributed by atoms with Crippen molar-refractivity contribution in [1.29, 1.82) is 0 Å². The molecule has 3 N–H and O–H groups in total. The first kappa shape index (κ1) is 19.4. The van der Waals surface area contributed by atoms with E-state index in [2.05, 4.69) is 32.2 Å². The smallest absolute Gasteiger partial charge is 0.165 e. The number of phenols is 1. The summed E-state index contributed by atoms with van der Waals surface area (Å²) in [5, 5.41) is 26.6. The van der Waals surface area contributed by atoms with Gasteiger partial charge in [-0.2, -0.15) is 0 Å². The number of piperidine rings is 1. The zero-order valence-electron chi connectivity index (χ0n) is 18.8. The number of nitrogens with one attached hydrogen (secondary N) is 1. The number of phenolic OH excluding ortho intramolecular Hbond substituents is 1. The van der Waals surface area contributed by atoms with E-state index in [1.165, 1.54) is 11.1 Å². The van der Waals surface area contributed by atoms with Gasteiger partial charge < -0.3 is 25.0 Å².